The van der Waals surface area contributed by atoms with E-state index in [1.807, 2.05) is 54.6 Å². The number of rotatable bonds is 7. The van der Waals surface area contributed by atoms with Gasteiger partial charge in [0, 0.05) is 0 Å². The largest absolute Gasteiger partial charge is 0.492 e. The molecule has 0 fully saturated rings. The predicted octanol–water partition coefficient (Wildman–Crippen LogP) is 3.95. The van der Waals surface area contributed by atoms with Gasteiger partial charge in [-0.15, -0.1) is 0 Å². The van der Waals surface area contributed by atoms with Crippen molar-refractivity contribution in [2.24, 2.45) is 0 Å². The Labute approximate surface area is 150 Å². The van der Waals surface area contributed by atoms with Gasteiger partial charge >= 0.3 is 0 Å². The zero-order chi connectivity index (χ0) is 18.3. The second kappa shape index (κ2) is 8.56. The van der Waals surface area contributed by atoms with Crippen LogP contribution in [0.3, 0.4) is 0 Å². The van der Waals surface area contributed by atoms with E-state index in [2.05, 4.69) is 26.1 Å². The molecule has 0 saturated carbocycles. The molecule has 0 saturated heterocycles. The van der Waals surface area contributed by atoms with Crippen molar-refractivity contribution in [2.75, 3.05) is 13.2 Å². The minimum atomic E-state index is -0.558. The Bertz CT molecular complexity index is 660. The molecule has 1 atom stereocenters. The van der Waals surface area contributed by atoms with E-state index >= 15 is 0 Å². The lowest BCUT2D eigenvalue weighted by atomic mass is 9.87. The molecule has 25 heavy (non-hydrogen) atoms. The molecular weight excluding hydrogens is 314 g/mol. The van der Waals surface area contributed by atoms with Crippen molar-refractivity contribution in [3.63, 3.8) is 0 Å². The highest BCUT2D eigenvalue weighted by Gasteiger charge is 2.16. The molecule has 1 unspecified atom stereocenters. The topological polar surface area (TPSA) is 47.6 Å². The number of carbonyl (C=O) groups is 1. The summed E-state index contributed by atoms with van der Waals surface area (Å²) in [4.78, 5) is 12.1. The van der Waals surface area contributed by atoms with Gasteiger partial charge in [0.25, 0.3) is 5.91 Å². The van der Waals surface area contributed by atoms with Gasteiger partial charge in [-0.3, -0.25) is 4.79 Å². The highest BCUT2D eigenvalue weighted by Crippen LogP contribution is 2.24. The number of nitrogens with one attached hydrogen (secondary N) is 1. The molecule has 0 aliphatic heterocycles. The summed E-state index contributed by atoms with van der Waals surface area (Å²) in [5.41, 5.74) is 1.33. The van der Waals surface area contributed by atoms with Crippen LogP contribution < -0.4 is 14.8 Å². The molecule has 2 rings (SSSR count). The molecule has 0 bridgehead atoms. The third-order valence-electron chi connectivity index (χ3n) is 3.82. The fraction of sp³-hybridized carbons (Fsp3) is 0.381. The number of ether oxygens (including phenoxy) is 2. The van der Waals surface area contributed by atoms with Crippen molar-refractivity contribution in [1.29, 1.82) is 0 Å². The minimum Gasteiger partial charge on any atom is -0.492 e. The van der Waals surface area contributed by atoms with Crippen LogP contribution in [0.5, 0.6) is 11.5 Å². The average molecular weight is 341 g/mol. The summed E-state index contributed by atoms with van der Waals surface area (Å²) in [6, 6.07) is 17.4. The van der Waals surface area contributed by atoms with Crippen molar-refractivity contribution in [2.45, 2.75) is 39.2 Å². The third-order valence-corrected chi connectivity index (χ3v) is 3.82. The van der Waals surface area contributed by atoms with Crippen molar-refractivity contribution in [1.82, 2.24) is 5.32 Å². The van der Waals surface area contributed by atoms with Crippen LogP contribution in [-0.2, 0) is 10.2 Å². The van der Waals surface area contributed by atoms with Crippen LogP contribution in [0, 0.1) is 0 Å². The molecule has 134 valence electrons. The SMILES string of the molecule is CC(Oc1ccc(C(C)(C)C)cc1)C(=O)NCCOc1ccccc1. The van der Waals surface area contributed by atoms with Gasteiger partial charge in [0.05, 0.1) is 6.54 Å². The minimum absolute atomic E-state index is 0.0975. The van der Waals surface area contributed by atoms with Crippen LogP contribution in [0.15, 0.2) is 54.6 Å². The Morgan fingerprint density at radius 1 is 1.00 bits per heavy atom. The lowest BCUT2D eigenvalue weighted by molar-refractivity contribution is -0.127. The van der Waals surface area contributed by atoms with E-state index in [9.17, 15) is 4.79 Å². The van der Waals surface area contributed by atoms with E-state index in [0.29, 0.717) is 18.9 Å². The third kappa shape index (κ3) is 6.14. The highest BCUT2D eigenvalue weighted by atomic mass is 16.5. The predicted molar refractivity (Wildman–Crippen MR) is 100 cm³/mol. The van der Waals surface area contributed by atoms with Gasteiger partial charge in [0.2, 0.25) is 0 Å². The van der Waals surface area contributed by atoms with Gasteiger partial charge in [-0.1, -0.05) is 51.1 Å². The molecule has 0 aliphatic rings. The summed E-state index contributed by atoms with van der Waals surface area (Å²) in [5.74, 6) is 1.33. The second-order valence-electron chi connectivity index (χ2n) is 6.99. The molecule has 0 aromatic heterocycles. The van der Waals surface area contributed by atoms with Gasteiger partial charge in [0.1, 0.15) is 18.1 Å². The molecule has 0 heterocycles. The Balaban J connectivity index is 1.74. The summed E-state index contributed by atoms with van der Waals surface area (Å²) < 4.78 is 11.3. The van der Waals surface area contributed by atoms with E-state index < -0.39 is 6.10 Å². The number of hydrogen-bond acceptors (Lipinski definition) is 3. The lowest BCUT2D eigenvalue weighted by Crippen LogP contribution is -2.38. The van der Waals surface area contributed by atoms with E-state index in [1.54, 1.807) is 6.92 Å². The van der Waals surface area contributed by atoms with Crippen molar-refractivity contribution < 1.29 is 14.3 Å². The van der Waals surface area contributed by atoms with Crippen LogP contribution in [-0.4, -0.2) is 25.2 Å². The maximum Gasteiger partial charge on any atom is 0.260 e. The molecule has 4 nitrogen and oxygen atoms in total. The zero-order valence-electron chi connectivity index (χ0n) is 15.4. The van der Waals surface area contributed by atoms with Crippen molar-refractivity contribution in [3.05, 3.63) is 60.2 Å². The van der Waals surface area contributed by atoms with E-state index in [-0.39, 0.29) is 11.3 Å². The molecular formula is C21H27NO3. The first kappa shape index (κ1) is 18.8. The first-order valence-electron chi connectivity index (χ1n) is 8.59. The Morgan fingerprint density at radius 3 is 2.24 bits per heavy atom. The summed E-state index contributed by atoms with van der Waals surface area (Å²) in [6.45, 7) is 9.08. The number of carbonyl (C=O) groups excluding carboxylic acids is 1. The van der Waals surface area contributed by atoms with Crippen LogP contribution in [0.2, 0.25) is 0 Å². The number of benzene rings is 2. The first-order valence-corrected chi connectivity index (χ1v) is 8.59. The number of hydrogen-bond donors (Lipinski definition) is 1. The van der Waals surface area contributed by atoms with Gasteiger partial charge < -0.3 is 14.8 Å². The fourth-order valence-corrected chi connectivity index (χ4v) is 2.29. The molecule has 1 amide bonds. The summed E-state index contributed by atoms with van der Waals surface area (Å²) in [5, 5.41) is 2.82. The molecule has 0 radical (unpaired) electrons. The standard InChI is InChI=1S/C21H27NO3/c1-16(25-19-12-10-17(11-13-19)21(2,3)4)20(23)22-14-15-24-18-8-6-5-7-9-18/h5-13,16H,14-15H2,1-4H3,(H,22,23). The Kier molecular flexibility index (Phi) is 6.45. The molecule has 0 spiro atoms. The first-order chi connectivity index (χ1) is 11.9. The molecule has 2 aromatic carbocycles. The van der Waals surface area contributed by atoms with Gasteiger partial charge in [-0.25, -0.2) is 0 Å². The highest BCUT2D eigenvalue weighted by molar-refractivity contribution is 5.80. The van der Waals surface area contributed by atoms with Crippen LogP contribution in [0.1, 0.15) is 33.3 Å². The maximum absolute atomic E-state index is 12.1. The molecule has 4 heteroatoms. The van der Waals surface area contributed by atoms with Crippen LogP contribution in [0.4, 0.5) is 0 Å². The summed E-state index contributed by atoms with van der Waals surface area (Å²) in [7, 11) is 0. The average Bonchev–Trinajstić information content (AvgIpc) is 2.59. The van der Waals surface area contributed by atoms with Crippen molar-refractivity contribution in [3.8, 4) is 11.5 Å². The van der Waals surface area contributed by atoms with E-state index in [4.69, 9.17) is 9.47 Å². The Hall–Kier alpha value is -2.49. The molecule has 0 aliphatic carbocycles. The Morgan fingerprint density at radius 2 is 1.64 bits per heavy atom. The summed E-state index contributed by atoms with van der Waals surface area (Å²) >= 11 is 0. The lowest BCUT2D eigenvalue weighted by Gasteiger charge is -2.20. The quantitative estimate of drug-likeness (QED) is 0.776. The monoisotopic (exact) mass is 341 g/mol. The summed E-state index contributed by atoms with van der Waals surface area (Å²) in [6.07, 6.45) is -0.558. The fourth-order valence-electron chi connectivity index (χ4n) is 2.29. The van der Waals surface area contributed by atoms with Gasteiger partial charge in [-0.05, 0) is 42.2 Å². The van der Waals surface area contributed by atoms with Gasteiger partial charge in [-0.2, -0.15) is 0 Å². The zero-order valence-corrected chi connectivity index (χ0v) is 15.4. The van der Waals surface area contributed by atoms with Gasteiger partial charge in [0.15, 0.2) is 6.10 Å². The maximum atomic E-state index is 12.1. The normalized spacial score (nSPS) is 12.3. The van der Waals surface area contributed by atoms with Crippen molar-refractivity contribution >= 4 is 5.91 Å². The van der Waals surface area contributed by atoms with Crippen LogP contribution >= 0.6 is 0 Å². The number of para-hydroxylation sites is 1. The number of amides is 1. The van der Waals surface area contributed by atoms with Crippen LogP contribution in [0.25, 0.3) is 0 Å². The van der Waals surface area contributed by atoms with E-state index in [1.165, 1.54) is 5.56 Å². The molecule has 2 aromatic rings. The van der Waals surface area contributed by atoms with E-state index in [0.717, 1.165) is 5.75 Å². The second-order valence-corrected chi connectivity index (χ2v) is 6.99. The molecule has 1 N–H and O–H groups in total. The smallest absolute Gasteiger partial charge is 0.260 e.